The van der Waals surface area contributed by atoms with Crippen molar-refractivity contribution in [1.82, 2.24) is 6.15 Å². The largest absolute Gasteiger partial charge is 0.344 e. The molecule has 0 fully saturated rings. The first-order valence-corrected chi connectivity index (χ1v) is 3.62. The second-order valence-electron chi connectivity index (χ2n) is 1.60. The average Bonchev–Trinajstić information content (AvgIpc) is 2.08. The maximum atomic E-state index is 5.07. The number of rotatable bonds is 1. The highest BCUT2D eigenvalue weighted by Gasteiger charge is 1.57. The minimum Gasteiger partial charge on any atom is -0.344 e. The molecule has 0 saturated heterocycles. The molecule has 2 heteroatoms. The van der Waals surface area contributed by atoms with E-state index in [0.717, 1.165) is 0 Å². The normalized spacial score (nSPS) is 6.64. The Morgan fingerprint density at radius 2 is 1.18 bits per heavy atom. The van der Waals surface area contributed by atoms with Gasteiger partial charge in [0, 0.05) is 5.88 Å². The molecule has 0 saturated carbocycles. The van der Waals surface area contributed by atoms with Gasteiger partial charge in [-0.2, -0.15) is 0 Å². The van der Waals surface area contributed by atoms with Crippen LogP contribution in [0, 0.1) is 0 Å². The van der Waals surface area contributed by atoms with Gasteiger partial charge in [0.2, 0.25) is 0 Å². The first kappa shape index (κ1) is 12.8. The highest BCUT2D eigenvalue weighted by molar-refractivity contribution is 6.18. The topological polar surface area (TPSA) is 35.0 Å². The Morgan fingerprint density at radius 3 is 1.27 bits per heavy atom. The molecule has 3 N–H and O–H groups in total. The summed E-state index contributed by atoms with van der Waals surface area (Å²) < 4.78 is 0. The highest BCUT2D eigenvalue weighted by Crippen LogP contribution is 1.79. The molecule has 0 amide bonds. The van der Waals surface area contributed by atoms with Gasteiger partial charge in [0.15, 0.2) is 0 Å². The molecule has 0 aliphatic rings. The Balaban J connectivity index is 0. The predicted octanol–water partition coefficient (Wildman–Crippen LogP) is 3.26. The third-order valence-electron chi connectivity index (χ3n) is 0.776. The quantitative estimate of drug-likeness (QED) is 0.511. The molecule has 0 bridgehead atoms. The molecule has 0 atom stereocenters. The van der Waals surface area contributed by atoms with Crippen LogP contribution in [0.2, 0.25) is 0 Å². The first-order chi connectivity index (χ1) is 4.91. The number of allylic oxidation sites excluding steroid dienone is 1. The highest BCUT2D eigenvalue weighted by atomic mass is 35.5. The van der Waals surface area contributed by atoms with Crippen LogP contribution in [-0.2, 0) is 0 Å². The summed E-state index contributed by atoms with van der Waals surface area (Å²) in [5.74, 6) is 0.556. The molecular weight excluding hydrogens is 158 g/mol. The summed E-state index contributed by atoms with van der Waals surface area (Å²) in [7, 11) is 0. The van der Waals surface area contributed by atoms with E-state index >= 15 is 0 Å². The van der Waals surface area contributed by atoms with E-state index < -0.39 is 0 Å². The summed E-state index contributed by atoms with van der Waals surface area (Å²) in [5.41, 5.74) is 0. The van der Waals surface area contributed by atoms with Crippen molar-refractivity contribution in [3.8, 4) is 0 Å². The Labute approximate surface area is 73.3 Å². The van der Waals surface area contributed by atoms with E-state index in [1.807, 2.05) is 36.4 Å². The van der Waals surface area contributed by atoms with Crippen LogP contribution in [-0.4, -0.2) is 5.88 Å². The van der Waals surface area contributed by atoms with Crippen LogP contribution in [0.25, 0.3) is 0 Å². The van der Waals surface area contributed by atoms with E-state index in [0.29, 0.717) is 5.88 Å². The van der Waals surface area contributed by atoms with Crippen molar-refractivity contribution in [2.75, 3.05) is 5.88 Å². The van der Waals surface area contributed by atoms with Gasteiger partial charge in [-0.1, -0.05) is 42.5 Å². The van der Waals surface area contributed by atoms with E-state index in [1.54, 1.807) is 6.08 Å². The first-order valence-electron chi connectivity index (χ1n) is 3.08. The molecule has 0 aliphatic carbocycles. The van der Waals surface area contributed by atoms with Gasteiger partial charge in [-0.05, 0) is 0 Å². The van der Waals surface area contributed by atoms with Gasteiger partial charge in [-0.3, -0.25) is 0 Å². The third kappa shape index (κ3) is 12.4. The summed E-state index contributed by atoms with van der Waals surface area (Å²) in [5, 5.41) is 0. The van der Waals surface area contributed by atoms with E-state index in [4.69, 9.17) is 11.6 Å². The van der Waals surface area contributed by atoms with Crippen LogP contribution in [0.1, 0.15) is 0 Å². The van der Waals surface area contributed by atoms with Crippen molar-refractivity contribution in [3.63, 3.8) is 0 Å². The average molecular weight is 172 g/mol. The molecule has 1 aromatic carbocycles. The van der Waals surface area contributed by atoms with E-state index in [2.05, 4.69) is 6.58 Å². The van der Waals surface area contributed by atoms with Crippen LogP contribution in [0.4, 0.5) is 0 Å². The lowest BCUT2D eigenvalue weighted by molar-refractivity contribution is 1.72. The molecule has 0 radical (unpaired) electrons. The van der Waals surface area contributed by atoms with Crippen LogP contribution in [0.15, 0.2) is 49.1 Å². The monoisotopic (exact) mass is 171 g/mol. The van der Waals surface area contributed by atoms with Crippen LogP contribution >= 0.6 is 11.6 Å². The Morgan fingerprint density at radius 1 is 1.00 bits per heavy atom. The van der Waals surface area contributed by atoms with Crippen LogP contribution < -0.4 is 6.15 Å². The van der Waals surface area contributed by atoms with E-state index in [9.17, 15) is 0 Å². The molecule has 1 nitrogen and oxygen atoms in total. The molecule has 11 heavy (non-hydrogen) atoms. The van der Waals surface area contributed by atoms with Gasteiger partial charge in [0.1, 0.15) is 0 Å². The zero-order chi connectivity index (χ0) is 7.66. The maximum absolute atomic E-state index is 5.07. The predicted molar refractivity (Wildman–Crippen MR) is 52.4 cm³/mol. The van der Waals surface area contributed by atoms with Crippen molar-refractivity contribution in [2.45, 2.75) is 0 Å². The van der Waals surface area contributed by atoms with Gasteiger partial charge in [0.05, 0.1) is 0 Å². The molecule has 0 spiro atoms. The molecule has 62 valence electrons. The fraction of sp³-hybridized carbons (Fsp3) is 0.111. The van der Waals surface area contributed by atoms with Gasteiger partial charge in [-0.15, -0.1) is 18.2 Å². The zero-order valence-corrected chi connectivity index (χ0v) is 7.30. The third-order valence-corrected chi connectivity index (χ3v) is 0.994. The minimum atomic E-state index is 0. The molecule has 1 rings (SSSR count). The number of hydrogen-bond acceptors (Lipinski definition) is 1. The fourth-order valence-electron chi connectivity index (χ4n) is 0.385. The minimum absolute atomic E-state index is 0. The standard InChI is InChI=1S/C6H6.C3H5Cl.H3N/c1-2-4-6-5-3-1;1-2-3-4;/h1-6H;2H,1,3H2;1H3. The van der Waals surface area contributed by atoms with E-state index in [1.165, 1.54) is 0 Å². The van der Waals surface area contributed by atoms with Gasteiger partial charge < -0.3 is 6.15 Å². The van der Waals surface area contributed by atoms with Gasteiger partial charge >= 0.3 is 0 Å². The molecule has 0 heterocycles. The second-order valence-corrected chi connectivity index (χ2v) is 1.91. The van der Waals surface area contributed by atoms with Crippen LogP contribution in [0.3, 0.4) is 0 Å². The summed E-state index contributed by atoms with van der Waals surface area (Å²) in [6.45, 7) is 3.35. The van der Waals surface area contributed by atoms with Crippen LogP contribution in [0.5, 0.6) is 0 Å². The SMILES string of the molecule is C=CCCl.N.c1ccccc1. The smallest absolute Gasteiger partial charge is 0.0401 e. The van der Waals surface area contributed by atoms with Crippen molar-refractivity contribution < 1.29 is 0 Å². The summed E-state index contributed by atoms with van der Waals surface area (Å²) in [6, 6.07) is 12.0. The Bertz CT molecular complexity index is 124. The molecule has 1 aromatic rings. The Hall–Kier alpha value is -0.790. The van der Waals surface area contributed by atoms with Crippen molar-refractivity contribution in [1.29, 1.82) is 0 Å². The Kier molecular flexibility index (Phi) is 13.9. The number of halogens is 1. The van der Waals surface area contributed by atoms with E-state index in [-0.39, 0.29) is 6.15 Å². The fourth-order valence-corrected chi connectivity index (χ4v) is 0.385. The second kappa shape index (κ2) is 11.9. The van der Waals surface area contributed by atoms with Crippen molar-refractivity contribution in [3.05, 3.63) is 49.1 Å². The lowest BCUT2D eigenvalue weighted by Gasteiger charge is -1.69. The maximum Gasteiger partial charge on any atom is 0.0401 e. The number of hydrogen-bond donors (Lipinski definition) is 1. The lowest BCUT2D eigenvalue weighted by Crippen LogP contribution is -1.47. The zero-order valence-electron chi connectivity index (χ0n) is 6.54. The molecule has 0 aromatic heterocycles. The number of alkyl halides is 1. The summed E-state index contributed by atoms with van der Waals surface area (Å²) in [4.78, 5) is 0. The van der Waals surface area contributed by atoms with Gasteiger partial charge in [0.25, 0.3) is 0 Å². The van der Waals surface area contributed by atoms with Crippen molar-refractivity contribution in [2.24, 2.45) is 0 Å². The molecule has 0 aliphatic heterocycles. The molecular formula is C9H14ClN. The molecule has 0 unspecified atom stereocenters. The summed E-state index contributed by atoms with van der Waals surface area (Å²) in [6.07, 6.45) is 1.64. The summed E-state index contributed by atoms with van der Waals surface area (Å²) >= 11 is 5.07. The van der Waals surface area contributed by atoms with Gasteiger partial charge in [-0.25, -0.2) is 0 Å². The number of benzene rings is 1. The van der Waals surface area contributed by atoms with Crippen molar-refractivity contribution >= 4 is 11.6 Å². The lowest BCUT2D eigenvalue weighted by atomic mass is 10.4.